The van der Waals surface area contributed by atoms with Crippen LogP contribution in [0.25, 0.3) is 0 Å². The van der Waals surface area contributed by atoms with Crippen molar-refractivity contribution in [3.63, 3.8) is 0 Å². The van der Waals surface area contributed by atoms with Crippen LogP contribution in [0.1, 0.15) is 25.3 Å². The lowest BCUT2D eigenvalue weighted by molar-refractivity contribution is -0.133. The third kappa shape index (κ3) is 5.31. The number of hydrogen-bond acceptors (Lipinski definition) is 3. The summed E-state index contributed by atoms with van der Waals surface area (Å²) >= 11 is 0. The number of piperidine rings is 1. The zero-order valence-corrected chi connectivity index (χ0v) is 16.0. The molecule has 2 amide bonds. The van der Waals surface area contributed by atoms with Crippen molar-refractivity contribution in [1.29, 1.82) is 0 Å². The minimum absolute atomic E-state index is 0.0265. The van der Waals surface area contributed by atoms with Crippen LogP contribution in [0.3, 0.4) is 0 Å². The van der Waals surface area contributed by atoms with Gasteiger partial charge in [-0.15, -0.1) is 0 Å². The van der Waals surface area contributed by atoms with E-state index in [2.05, 4.69) is 5.32 Å². The lowest BCUT2D eigenvalue weighted by atomic mass is 9.95. The molecule has 3 rings (SSSR count). The molecule has 148 valence electrons. The molecule has 0 spiro atoms. The van der Waals surface area contributed by atoms with Crippen LogP contribution in [0.15, 0.2) is 48.5 Å². The molecule has 1 aliphatic rings. The van der Waals surface area contributed by atoms with Crippen LogP contribution in [-0.2, 0) is 16.0 Å². The normalized spacial score (nSPS) is 14.6. The predicted molar refractivity (Wildman–Crippen MR) is 106 cm³/mol. The van der Waals surface area contributed by atoms with E-state index < -0.39 is 0 Å². The highest BCUT2D eigenvalue weighted by Gasteiger charge is 2.27. The van der Waals surface area contributed by atoms with Crippen LogP contribution < -0.4 is 10.1 Å². The molecule has 2 aromatic rings. The number of carbonyl (C=O) groups is 2. The Morgan fingerprint density at radius 2 is 1.86 bits per heavy atom. The highest BCUT2D eigenvalue weighted by atomic mass is 19.1. The van der Waals surface area contributed by atoms with Crippen molar-refractivity contribution in [2.24, 2.45) is 5.92 Å². The van der Waals surface area contributed by atoms with Gasteiger partial charge in [0.05, 0.1) is 13.0 Å². The lowest BCUT2D eigenvalue weighted by Crippen LogP contribution is -2.42. The van der Waals surface area contributed by atoms with Crippen LogP contribution in [0.2, 0.25) is 0 Å². The number of carbonyl (C=O) groups excluding carboxylic acids is 2. The van der Waals surface area contributed by atoms with Crippen molar-refractivity contribution in [2.75, 3.05) is 25.0 Å². The summed E-state index contributed by atoms with van der Waals surface area (Å²) < 4.78 is 18.7. The second kappa shape index (κ2) is 9.35. The first-order valence-corrected chi connectivity index (χ1v) is 9.61. The zero-order valence-electron chi connectivity index (χ0n) is 16.0. The van der Waals surface area contributed by atoms with Gasteiger partial charge in [0.25, 0.3) is 0 Å². The average molecular weight is 384 g/mol. The molecule has 6 heteroatoms. The first-order chi connectivity index (χ1) is 13.5. The fourth-order valence-electron chi connectivity index (χ4n) is 3.37. The van der Waals surface area contributed by atoms with Gasteiger partial charge in [0.15, 0.2) is 0 Å². The van der Waals surface area contributed by atoms with Crippen LogP contribution in [0.4, 0.5) is 10.1 Å². The molecule has 0 aromatic heterocycles. The molecule has 1 fully saturated rings. The van der Waals surface area contributed by atoms with Gasteiger partial charge in [-0.2, -0.15) is 0 Å². The fraction of sp³-hybridized carbons (Fsp3) is 0.364. The monoisotopic (exact) mass is 384 g/mol. The Balaban J connectivity index is 1.47. The lowest BCUT2D eigenvalue weighted by Gasteiger charge is -2.31. The summed E-state index contributed by atoms with van der Waals surface area (Å²) in [5.41, 5.74) is 1.40. The van der Waals surface area contributed by atoms with E-state index in [4.69, 9.17) is 4.74 Å². The van der Waals surface area contributed by atoms with E-state index in [-0.39, 0.29) is 30.0 Å². The number of nitrogens with zero attached hydrogens (tertiary/aromatic N) is 1. The Bertz CT molecular complexity index is 815. The molecular weight excluding hydrogens is 359 g/mol. The van der Waals surface area contributed by atoms with E-state index in [9.17, 15) is 14.0 Å². The molecule has 2 aromatic carbocycles. The smallest absolute Gasteiger partial charge is 0.227 e. The third-order valence-electron chi connectivity index (χ3n) is 4.90. The Labute approximate surface area is 164 Å². The molecule has 1 aliphatic heterocycles. The van der Waals surface area contributed by atoms with E-state index in [1.165, 1.54) is 12.1 Å². The van der Waals surface area contributed by atoms with Gasteiger partial charge in [0.1, 0.15) is 11.6 Å². The second-order valence-electron chi connectivity index (χ2n) is 6.91. The summed E-state index contributed by atoms with van der Waals surface area (Å²) in [4.78, 5) is 26.7. The number of rotatable bonds is 6. The van der Waals surface area contributed by atoms with Crippen molar-refractivity contribution in [3.05, 3.63) is 59.9 Å². The predicted octanol–water partition coefficient (Wildman–Crippen LogP) is 3.64. The SMILES string of the molecule is CCOc1ccc(NC(=O)C2CCN(C(=O)Cc3cccc(F)c3)CC2)cc1. The topological polar surface area (TPSA) is 58.6 Å². The van der Waals surface area contributed by atoms with Crippen molar-refractivity contribution in [1.82, 2.24) is 4.90 Å². The minimum Gasteiger partial charge on any atom is -0.494 e. The van der Waals surface area contributed by atoms with Gasteiger partial charge in [-0.25, -0.2) is 4.39 Å². The van der Waals surface area contributed by atoms with Crippen molar-refractivity contribution in [3.8, 4) is 5.75 Å². The number of amides is 2. The molecule has 0 unspecified atom stereocenters. The van der Waals surface area contributed by atoms with E-state index in [1.807, 2.05) is 31.2 Å². The Hall–Kier alpha value is -2.89. The van der Waals surface area contributed by atoms with Gasteiger partial charge in [-0.1, -0.05) is 12.1 Å². The highest BCUT2D eigenvalue weighted by Crippen LogP contribution is 2.22. The van der Waals surface area contributed by atoms with Gasteiger partial charge in [-0.3, -0.25) is 9.59 Å². The van der Waals surface area contributed by atoms with Crippen molar-refractivity contribution < 1.29 is 18.7 Å². The van der Waals surface area contributed by atoms with E-state index >= 15 is 0 Å². The van der Waals surface area contributed by atoms with Crippen molar-refractivity contribution in [2.45, 2.75) is 26.2 Å². The Morgan fingerprint density at radius 3 is 2.50 bits per heavy atom. The van der Waals surface area contributed by atoms with E-state index in [0.717, 1.165) is 11.4 Å². The maximum atomic E-state index is 13.3. The molecule has 0 saturated carbocycles. The van der Waals surface area contributed by atoms with E-state index in [0.29, 0.717) is 38.1 Å². The molecule has 0 aliphatic carbocycles. The quantitative estimate of drug-likeness (QED) is 0.827. The number of halogens is 1. The average Bonchev–Trinajstić information content (AvgIpc) is 2.70. The molecule has 5 nitrogen and oxygen atoms in total. The maximum absolute atomic E-state index is 13.3. The number of benzene rings is 2. The van der Waals surface area contributed by atoms with E-state index in [1.54, 1.807) is 17.0 Å². The molecule has 28 heavy (non-hydrogen) atoms. The second-order valence-corrected chi connectivity index (χ2v) is 6.91. The number of nitrogens with one attached hydrogen (secondary N) is 1. The highest BCUT2D eigenvalue weighted by molar-refractivity contribution is 5.92. The standard InChI is InChI=1S/C22H25FN2O3/c1-2-28-20-8-6-19(7-9-20)24-22(27)17-10-12-25(13-11-17)21(26)15-16-4-3-5-18(23)14-16/h3-9,14,17H,2,10-13,15H2,1H3,(H,24,27). The molecular formula is C22H25FN2O3. The Morgan fingerprint density at radius 1 is 1.14 bits per heavy atom. The number of anilines is 1. The molecule has 0 atom stereocenters. The van der Waals surface area contributed by atoms with Gasteiger partial charge < -0.3 is 15.0 Å². The van der Waals surface area contributed by atoms with Gasteiger partial charge in [0, 0.05) is 24.7 Å². The van der Waals surface area contributed by atoms with Gasteiger partial charge >= 0.3 is 0 Å². The van der Waals surface area contributed by atoms with Crippen molar-refractivity contribution >= 4 is 17.5 Å². The summed E-state index contributed by atoms with van der Waals surface area (Å²) in [6, 6.07) is 13.4. The summed E-state index contributed by atoms with van der Waals surface area (Å²) in [5.74, 6) is 0.253. The molecule has 0 radical (unpaired) electrons. The van der Waals surface area contributed by atoms with Crippen LogP contribution in [0.5, 0.6) is 5.75 Å². The zero-order chi connectivity index (χ0) is 19.9. The Kier molecular flexibility index (Phi) is 6.63. The number of hydrogen-bond donors (Lipinski definition) is 1. The summed E-state index contributed by atoms with van der Waals surface area (Å²) in [5, 5.41) is 2.93. The summed E-state index contributed by atoms with van der Waals surface area (Å²) in [6.07, 6.45) is 1.43. The summed E-state index contributed by atoms with van der Waals surface area (Å²) in [6.45, 7) is 3.60. The fourth-order valence-corrected chi connectivity index (χ4v) is 3.37. The van der Waals surface area contributed by atoms with Crippen LogP contribution in [0, 0.1) is 11.7 Å². The molecule has 1 saturated heterocycles. The maximum Gasteiger partial charge on any atom is 0.227 e. The van der Waals surface area contributed by atoms with Crippen LogP contribution in [-0.4, -0.2) is 36.4 Å². The number of ether oxygens (including phenoxy) is 1. The van der Waals surface area contributed by atoms with Gasteiger partial charge in [-0.05, 0) is 61.7 Å². The minimum atomic E-state index is -0.338. The largest absolute Gasteiger partial charge is 0.494 e. The first kappa shape index (κ1) is 19.9. The molecule has 0 bridgehead atoms. The third-order valence-corrected chi connectivity index (χ3v) is 4.90. The van der Waals surface area contributed by atoms with Gasteiger partial charge in [0.2, 0.25) is 11.8 Å². The van der Waals surface area contributed by atoms with Crippen LogP contribution >= 0.6 is 0 Å². The molecule has 1 heterocycles. The summed E-state index contributed by atoms with van der Waals surface area (Å²) in [7, 11) is 0. The first-order valence-electron chi connectivity index (χ1n) is 9.61. The molecule has 1 N–H and O–H groups in total. The number of likely N-dealkylation sites (tertiary alicyclic amines) is 1.